The second kappa shape index (κ2) is 7.72. The third-order valence-corrected chi connectivity index (χ3v) is 7.27. The molecular weight excluding hydrogens is 437 g/mol. The summed E-state index contributed by atoms with van der Waals surface area (Å²) in [6.45, 7) is 6.34. The van der Waals surface area contributed by atoms with Gasteiger partial charge in [0.25, 0.3) is 0 Å². The molecule has 0 amide bonds. The molecule has 0 aromatic heterocycles. The van der Waals surface area contributed by atoms with Gasteiger partial charge in [0.05, 0.1) is 0 Å². The van der Waals surface area contributed by atoms with Crippen molar-refractivity contribution in [1.29, 1.82) is 0 Å². The summed E-state index contributed by atoms with van der Waals surface area (Å²) in [5, 5.41) is 1.21. The molecule has 0 radical (unpaired) electrons. The second-order valence-electron chi connectivity index (χ2n) is 7.51. The molecule has 2 aromatic carbocycles. The Morgan fingerprint density at radius 3 is 2.73 bits per heavy atom. The third-order valence-electron chi connectivity index (χ3n) is 5.66. The Labute approximate surface area is 188 Å². The van der Waals surface area contributed by atoms with Crippen molar-refractivity contribution >= 4 is 27.1 Å². The van der Waals surface area contributed by atoms with Gasteiger partial charge >= 0.3 is 188 Å². The van der Waals surface area contributed by atoms with Crippen molar-refractivity contribution in [3.63, 3.8) is 0 Å². The molecule has 0 fully saturated rings. The van der Waals surface area contributed by atoms with Crippen LogP contribution in [-0.2, 0) is 15.0 Å². The number of fused-ring (bicyclic) bond motifs is 4. The molecule has 156 valence electrons. The second-order valence-corrected chi connectivity index (χ2v) is 9.06. The fourth-order valence-corrected chi connectivity index (χ4v) is 5.82. The molecular formula is C25H23NNiO2S. The third kappa shape index (κ3) is 3.03. The van der Waals surface area contributed by atoms with Crippen molar-refractivity contribution < 1.29 is 24.5 Å². The van der Waals surface area contributed by atoms with Crippen LogP contribution in [0.15, 0.2) is 48.5 Å². The molecule has 2 aromatic rings. The number of benzene rings is 3. The van der Waals surface area contributed by atoms with Gasteiger partial charge in [-0.1, -0.05) is 0 Å². The molecule has 2 heterocycles. The predicted molar refractivity (Wildman–Crippen MR) is 122 cm³/mol. The van der Waals surface area contributed by atoms with Crippen LogP contribution in [0.3, 0.4) is 0 Å². The Morgan fingerprint density at radius 2 is 1.93 bits per heavy atom. The molecule has 1 aliphatic carbocycles. The van der Waals surface area contributed by atoms with E-state index in [1.165, 1.54) is 27.6 Å². The van der Waals surface area contributed by atoms with Crippen molar-refractivity contribution in [2.45, 2.75) is 13.8 Å². The van der Waals surface area contributed by atoms with Crippen LogP contribution < -0.4 is 14.4 Å². The maximum absolute atomic E-state index is 6.21. The first-order valence-electron chi connectivity index (χ1n) is 10.1. The van der Waals surface area contributed by atoms with E-state index in [0.29, 0.717) is 13.2 Å². The number of ether oxygens (including phenoxy) is 2. The molecule has 0 N–H and O–H groups in total. The van der Waals surface area contributed by atoms with Crippen LogP contribution in [0.25, 0.3) is 31.7 Å². The topological polar surface area (TPSA) is 21.7 Å². The van der Waals surface area contributed by atoms with Crippen LogP contribution in [0.1, 0.15) is 12.5 Å². The minimum absolute atomic E-state index is 0.589. The van der Waals surface area contributed by atoms with Crippen LogP contribution in [0.5, 0.6) is 11.5 Å². The summed E-state index contributed by atoms with van der Waals surface area (Å²) in [5.41, 5.74) is 6.01. The first-order valence-corrected chi connectivity index (χ1v) is 11.5. The fourth-order valence-electron chi connectivity index (χ4n) is 4.19. The van der Waals surface area contributed by atoms with E-state index in [2.05, 4.69) is 61.3 Å². The van der Waals surface area contributed by atoms with Gasteiger partial charge in [0.2, 0.25) is 0 Å². The number of nitrogens with zero attached hydrogens (tertiary/aromatic N) is 1. The Kier molecular flexibility index (Phi) is 5.04. The summed E-state index contributed by atoms with van der Waals surface area (Å²) in [4.78, 5) is 3.36. The van der Waals surface area contributed by atoms with E-state index in [-0.39, 0.29) is 0 Å². The van der Waals surface area contributed by atoms with Crippen LogP contribution >= 0.6 is 11.3 Å². The van der Waals surface area contributed by atoms with Crippen molar-refractivity contribution in [3.05, 3.63) is 58.2 Å². The standard InChI is InChI=1S/C25H23NO2S.Ni/c1-4-27-21-11-7-10-18-22(17-9-6-5-8-16(17)2)19-12-13-20-23(25(19)29-24(18)21)28-15-14-26(20)3;/h5-10,12-13H,4,14-15H2,1-3H3;. The SMILES string of the molecule is CCOc1c2sc3c4c(ccc3c(-c3ccccc3C)c-2cc[c]1=[Ni])N(C)CCO4. The van der Waals surface area contributed by atoms with Gasteiger partial charge in [-0.25, -0.2) is 0 Å². The number of hydrogen-bond donors (Lipinski definition) is 0. The van der Waals surface area contributed by atoms with Gasteiger partial charge in [0.15, 0.2) is 0 Å². The number of anilines is 1. The first kappa shape index (κ1) is 19.6. The van der Waals surface area contributed by atoms with E-state index in [1.54, 1.807) is 11.3 Å². The molecule has 5 heteroatoms. The summed E-state index contributed by atoms with van der Waals surface area (Å²) in [5.74, 6) is 1.78. The summed E-state index contributed by atoms with van der Waals surface area (Å²) in [6, 6.07) is 17.1. The van der Waals surface area contributed by atoms with Crippen molar-refractivity contribution in [1.82, 2.24) is 0 Å². The van der Waals surface area contributed by atoms with Crippen molar-refractivity contribution in [2.75, 3.05) is 31.7 Å². The first-order chi connectivity index (χ1) is 14.6. The summed E-state index contributed by atoms with van der Waals surface area (Å²) in [6.07, 6.45) is 0. The molecule has 3 nitrogen and oxygen atoms in total. The zero-order valence-corrected chi connectivity index (χ0v) is 19.0. The van der Waals surface area contributed by atoms with Gasteiger partial charge in [-0.3, -0.25) is 0 Å². The van der Waals surface area contributed by atoms with Crippen molar-refractivity contribution in [3.8, 4) is 33.1 Å². The Hall–Kier alpha value is -2.36. The Balaban J connectivity index is 1.98. The molecule has 30 heavy (non-hydrogen) atoms. The molecule has 0 unspecified atom stereocenters. The summed E-state index contributed by atoms with van der Waals surface area (Å²) >= 11 is 7.01. The van der Waals surface area contributed by atoms with Gasteiger partial charge in [-0.15, -0.1) is 0 Å². The zero-order chi connectivity index (χ0) is 20.8. The monoisotopic (exact) mass is 459 g/mol. The Bertz CT molecular complexity index is 1300. The summed E-state index contributed by atoms with van der Waals surface area (Å²) in [7, 11) is 2.12. The van der Waals surface area contributed by atoms with Gasteiger partial charge in [0, 0.05) is 0 Å². The van der Waals surface area contributed by atoms with Crippen LogP contribution in [0, 0.1) is 11.1 Å². The van der Waals surface area contributed by atoms with Crippen molar-refractivity contribution in [2.24, 2.45) is 0 Å². The van der Waals surface area contributed by atoms with Gasteiger partial charge in [-0.05, 0) is 0 Å². The molecule has 3 aliphatic rings. The van der Waals surface area contributed by atoms with E-state index in [0.717, 1.165) is 37.4 Å². The average Bonchev–Trinajstić information content (AvgIpc) is 2.75. The normalized spacial score (nSPS) is 13.4. The molecule has 5 rings (SSSR count). The van der Waals surface area contributed by atoms with Crippen LogP contribution in [-0.4, -0.2) is 26.8 Å². The van der Waals surface area contributed by atoms with E-state index in [9.17, 15) is 0 Å². The number of aryl methyl sites for hydroxylation is 1. The Morgan fingerprint density at radius 1 is 1.10 bits per heavy atom. The molecule has 0 saturated heterocycles. The molecule has 0 spiro atoms. The number of likely N-dealkylation sites (N-methyl/N-ethyl adjacent to an activating group) is 1. The number of hydrogen-bond acceptors (Lipinski definition) is 4. The fraction of sp³-hybridized carbons (Fsp3) is 0.240. The molecule has 0 bridgehead atoms. The van der Waals surface area contributed by atoms with Gasteiger partial charge in [0.1, 0.15) is 0 Å². The van der Waals surface area contributed by atoms with E-state index in [1.807, 2.05) is 13.0 Å². The van der Waals surface area contributed by atoms with E-state index in [4.69, 9.17) is 24.5 Å². The van der Waals surface area contributed by atoms with E-state index < -0.39 is 0 Å². The quantitative estimate of drug-likeness (QED) is 0.265. The zero-order valence-electron chi connectivity index (χ0n) is 17.2. The van der Waals surface area contributed by atoms with Gasteiger partial charge in [-0.2, -0.15) is 0 Å². The number of rotatable bonds is 3. The van der Waals surface area contributed by atoms with E-state index >= 15 is 0 Å². The molecule has 0 atom stereocenters. The molecule has 2 aliphatic heterocycles. The molecule has 0 saturated carbocycles. The van der Waals surface area contributed by atoms with Crippen LogP contribution in [0.2, 0.25) is 0 Å². The maximum atomic E-state index is 6.21. The average molecular weight is 460 g/mol. The predicted octanol–water partition coefficient (Wildman–Crippen LogP) is 6.29. The minimum atomic E-state index is 0.589. The van der Waals surface area contributed by atoms with Crippen LogP contribution in [0.4, 0.5) is 5.69 Å². The summed E-state index contributed by atoms with van der Waals surface area (Å²) < 4.78 is 14.2. The van der Waals surface area contributed by atoms with Gasteiger partial charge < -0.3 is 0 Å².